The largest absolute Gasteiger partial charge is 0.497 e. The Bertz CT molecular complexity index is 544. The number of halogens is 1. The fourth-order valence-electron chi connectivity index (χ4n) is 1.46. The smallest absolute Gasteiger partial charge is 0.341 e. The number of furan rings is 1. The van der Waals surface area contributed by atoms with Crippen molar-refractivity contribution in [3.8, 4) is 5.75 Å². The Balaban J connectivity index is 2.70. The van der Waals surface area contributed by atoms with Gasteiger partial charge in [0.15, 0.2) is 0 Å². The second-order valence-electron chi connectivity index (χ2n) is 3.13. The molecule has 0 amide bonds. The summed E-state index contributed by atoms with van der Waals surface area (Å²) in [6.07, 6.45) is 1.38. The van der Waals surface area contributed by atoms with E-state index in [1.807, 2.05) is 0 Å². The third-order valence-corrected chi connectivity index (χ3v) is 2.83. The van der Waals surface area contributed by atoms with E-state index in [2.05, 4.69) is 20.7 Å². The number of carbonyl (C=O) groups excluding carboxylic acids is 1. The van der Waals surface area contributed by atoms with Crippen LogP contribution < -0.4 is 4.74 Å². The van der Waals surface area contributed by atoms with Crippen molar-refractivity contribution in [1.29, 1.82) is 0 Å². The fraction of sp³-hybridized carbons (Fsp3) is 0.182. The monoisotopic (exact) mass is 284 g/mol. The number of fused-ring (bicyclic) bond motifs is 1. The summed E-state index contributed by atoms with van der Waals surface area (Å²) in [6, 6.07) is 3.50. The highest BCUT2D eigenvalue weighted by Gasteiger charge is 2.16. The zero-order chi connectivity index (χ0) is 11.7. The van der Waals surface area contributed by atoms with Crippen molar-refractivity contribution in [1.82, 2.24) is 0 Å². The highest BCUT2D eigenvalue weighted by atomic mass is 79.9. The molecule has 0 unspecified atom stereocenters. The lowest BCUT2D eigenvalue weighted by Gasteiger charge is -2.01. The maximum absolute atomic E-state index is 11.5. The van der Waals surface area contributed by atoms with Crippen LogP contribution >= 0.6 is 15.9 Å². The normalized spacial score (nSPS) is 10.4. The molecule has 0 aliphatic rings. The van der Waals surface area contributed by atoms with Crippen LogP contribution in [0.3, 0.4) is 0 Å². The van der Waals surface area contributed by atoms with Crippen molar-refractivity contribution < 1.29 is 18.7 Å². The van der Waals surface area contributed by atoms with Gasteiger partial charge in [0.05, 0.1) is 18.7 Å². The summed E-state index contributed by atoms with van der Waals surface area (Å²) in [5, 5.41) is 0.665. The third kappa shape index (κ3) is 1.67. The van der Waals surface area contributed by atoms with E-state index in [0.717, 1.165) is 4.47 Å². The molecule has 0 spiro atoms. The molecule has 2 aromatic rings. The number of ether oxygens (including phenoxy) is 2. The first-order valence-corrected chi connectivity index (χ1v) is 5.29. The molecule has 0 fully saturated rings. The minimum Gasteiger partial charge on any atom is -0.497 e. The third-order valence-electron chi connectivity index (χ3n) is 2.24. The standard InChI is InChI=1S/C11H9BrO4/c1-14-6-3-7-8(11(13)15-2)5-16-10(7)9(12)4-6/h3-5H,1-2H3. The molecule has 0 radical (unpaired) electrons. The van der Waals surface area contributed by atoms with E-state index in [4.69, 9.17) is 9.15 Å². The molecule has 84 valence electrons. The average molecular weight is 285 g/mol. The van der Waals surface area contributed by atoms with E-state index >= 15 is 0 Å². The molecule has 0 N–H and O–H groups in total. The molecule has 2 rings (SSSR count). The predicted octanol–water partition coefficient (Wildman–Crippen LogP) is 2.99. The van der Waals surface area contributed by atoms with Crippen molar-refractivity contribution in [3.63, 3.8) is 0 Å². The number of methoxy groups -OCH3 is 2. The van der Waals surface area contributed by atoms with Gasteiger partial charge in [0.2, 0.25) is 0 Å². The van der Waals surface area contributed by atoms with E-state index in [1.165, 1.54) is 13.4 Å². The topological polar surface area (TPSA) is 48.7 Å². The zero-order valence-electron chi connectivity index (χ0n) is 8.74. The summed E-state index contributed by atoms with van der Waals surface area (Å²) in [6.45, 7) is 0. The first-order valence-electron chi connectivity index (χ1n) is 4.50. The summed E-state index contributed by atoms with van der Waals surface area (Å²) in [5.74, 6) is 0.213. The van der Waals surface area contributed by atoms with Gasteiger partial charge in [-0.15, -0.1) is 0 Å². The van der Waals surface area contributed by atoms with Crippen LogP contribution in [0.25, 0.3) is 11.0 Å². The van der Waals surface area contributed by atoms with Gasteiger partial charge in [0.25, 0.3) is 0 Å². The quantitative estimate of drug-likeness (QED) is 0.796. The van der Waals surface area contributed by atoms with E-state index < -0.39 is 5.97 Å². The SMILES string of the molecule is COC(=O)c1coc2c(Br)cc(OC)cc12. The van der Waals surface area contributed by atoms with Crippen LogP contribution in [-0.4, -0.2) is 20.2 Å². The van der Waals surface area contributed by atoms with Crippen LogP contribution in [0, 0.1) is 0 Å². The van der Waals surface area contributed by atoms with Crippen molar-refractivity contribution in [3.05, 3.63) is 28.4 Å². The van der Waals surface area contributed by atoms with Crippen LogP contribution in [0.1, 0.15) is 10.4 Å². The molecule has 1 aromatic carbocycles. The Morgan fingerprint density at radius 2 is 2.12 bits per heavy atom. The van der Waals surface area contributed by atoms with Crippen LogP contribution in [0.4, 0.5) is 0 Å². The molecular formula is C11H9BrO4. The lowest BCUT2D eigenvalue weighted by molar-refractivity contribution is 0.0602. The van der Waals surface area contributed by atoms with Crippen molar-refractivity contribution in [2.24, 2.45) is 0 Å². The Labute approximate surface area is 100 Å². The minimum absolute atomic E-state index is 0.386. The summed E-state index contributed by atoms with van der Waals surface area (Å²) in [7, 11) is 2.89. The summed E-state index contributed by atoms with van der Waals surface area (Å²) < 4.78 is 15.8. The number of hydrogen-bond donors (Lipinski definition) is 0. The van der Waals surface area contributed by atoms with E-state index in [1.54, 1.807) is 19.2 Å². The van der Waals surface area contributed by atoms with Gasteiger partial charge in [0, 0.05) is 5.39 Å². The van der Waals surface area contributed by atoms with Crippen molar-refractivity contribution in [2.45, 2.75) is 0 Å². The zero-order valence-corrected chi connectivity index (χ0v) is 10.3. The maximum atomic E-state index is 11.5. The highest BCUT2D eigenvalue weighted by molar-refractivity contribution is 9.10. The van der Waals surface area contributed by atoms with Gasteiger partial charge in [-0.05, 0) is 28.1 Å². The van der Waals surface area contributed by atoms with Gasteiger partial charge in [-0.3, -0.25) is 0 Å². The van der Waals surface area contributed by atoms with Gasteiger partial charge in [-0.25, -0.2) is 4.79 Å². The van der Waals surface area contributed by atoms with Gasteiger partial charge >= 0.3 is 5.97 Å². The van der Waals surface area contributed by atoms with Gasteiger partial charge in [-0.2, -0.15) is 0 Å². The number of carbonyl (C=O) groups is 1. The Kier molecular flexibility index (Phi) is 2.87. The Morgan fingerprint density at radius 1 is 1.38 bits per heavy atom. The molecule has 5 heteroatoms. The second-order valence-corrected chi connectivity index (χ2v) is 3.98. The van der Waals surface area contributed by atoms with Crippen molar-refractivity contribution >= 4 is 32.9 Å². The molecule has 1 aromatic heterocycles. The molecule has 0 saturated carbocycles. The average Bonchev–Trinajstić information content (AvgIpc) is 2.72. The summed E-state index contributed by atoms with van der Waals surface area (Å²) in [5.41, 5.74) is 0.985. The minimum atomic E-state index is -0.432. The molecule has 0 atom stereocenters. The van der Waals surface area contributed by atoms with E-state index in [0.29, 0.717) is 22.3 Å². The second kappa shape index (κ2) is 4.17. The Morgan fingerprint density at radius 3 is 2.75 bits per heavy atom. The number of esters is 1. The van der Waals surface area contributed by atoms with Crippen LogP contribution in [-0.2, 0) is 4.74 Å². The molecular weight excluding hydrogens is 276 g/mol. The van der Waals surface area contributed by atoms with E-state index in [-0.39, 0.29) is 0 Å². The van der Waals surface area contributed by atoms with Crippen LogP contribution in [0.5, 0.6) is 5.75 Å². The lowest BCUT2D eigenvalue weighted by atomic mass is 10.1. The lowest BCUT2D eigenvalue weighted by Crippen LogP contribution is -1.99. The molecule has 0 aliphatic heterocycles. The molecule has 1 heterocycles. The first-order chi connectivity index (χ1) is 7.67. The number of benzene rings is 1. The summed E-state index contributed by atoms with van der Waals surface area (Å²) in [4.78, 5) is 11.5. The molecule has 0 aliphatic carbocycles. The highest BCUT2D eigenvalue weighted by Crippen LogP contribution is 2.33. The van der Waals surface area contributed by atoms with Crippen LogP contribution in [0.2, 0.25) is 0 Å². The van der Waals surface area contributed by atoms with Crippen LogP contribution in [0.15, 0.2) is 27.3 Å². The maximum Gasteiger partial charge on any atom is 0.341 e. The molecule has 0 saturated heterocycles. The predicted molar refractivity (Wildman–Crippen MR) is 61.8 cm³/mol. The van der Waals surface area contributed by atoms with Gasteiger partial charge < -0.3 is 13.9 Å². The first kappa shape index (κ1) is 11.0. The molecule has 0 bridgehead atoms. The summed E-state index contributed by atoms with van der Waals surface area (Å²) >= 11 is 3.35. The van der Waals surface area contributed by atoms with E-state index in [9.17, 15) is 4.79 Å². The molecule has 4 nitrogen and oxygen atoms in total. The van der Waals surface area contributed by atoms with Crippen molar-refractivity contribution in [2.75, 3.05) is 14.2 Å². The Hall–Kier alpha value is -1.49. The van der Waals surface area contributed by atoms with Gasteiger partial charge in [-0.1, -0.05) is 0 Å². The fourth-order valence-corrected chi connectivity index (χ4v) is 1.99. The number of rotatable bonds is 2. The van der Waals surface area contributed by atoms with Gasteiger partial charge in [0.1, 0.15) is 23.2 Å². The molecule has 16 heavy (non-hydrogen) atoms. The number of hydrogen-bond acceptors (Lipinski definition) is 4.